The molecule has 1 N–H and O–H groups in total. The lowest BCUT2D eigenvalue weighted by Crippen LogP contribution is -2.29. The van der Waals surface area contributed by atoms with Gasteiger partial charge < -0.3 is 14.5 Å². The van der Waals surface area contributed by atoms with Crippen molar-refractivity contribution < 1.29 is 9.15 Å². The first kappa shape index (κ1) is 14.3. The van der Waals surface area contributed by atoms with E-state index in [0.29, 0.717) is 12.6 Å². The van der Waals surface area contributed by atoms with Gasteiger partial charge in [0.2, 0.25) is 0 Å². The van der Waals surface area contributed by atoms with Crippen molar-refractivity contribution in [1.29, 1.82) is 0 Å². The van der Waals surface area contributed by atoms with E-state index < -0.39 is 0 Å². The molecule has 0 saturated carbocycles. The smallest absolute Gasteiger partial charge is 0.129 e. The fourth-order valence-electron chi connectivity index (χ4n) is 1.76. The largest absolute Gasteiger partial charge is 0.463 e. The maximum absolute atomic E-state index is 5.79. The molecule has 3 nitrogen and oxygen atoms in total. The van der Waals surface area contributed by atoms with E-state index in [4.69, 9.17) is 9.15 Å². The van der Waals surface area contributed by atoms with Crippen LogP contribution in [0.3, 0.4) is 0 Å². The van der Waals surface area contributed by atoms with E-state index in [9.17, 15) is 0 Å². The average molecular weight is 239 g/mol. The summed E-state index contributed by atoms with van der Waals surface area (Å²) in [4.78, 5) is 0. The lowest BCUT2D eigenvalue weighted by molar-refractivity contribution is 0.160. The highest BCUT2D eigenvalue weighted by Crippen LogP contribution is 2.28. The quantitative estimate of drug-likeness (QED) is 0.794. The summed E-state index contributed by atoms with van der Waals surface area (Å²) < 4.78 is 10.9. The molecule has 0 aliphatic rings. The Hall–Kier alpha value is -0.800. The van der Waals surface area contributed by atoms with Crippen LogP contribution < -0.4 is 5.32 Å². The molecular weight excluding hydrogens is 214 g/mol. The molecule has 0 aromatic carbocycles. The van der Waals surface area contributed by atoms with Crippen LogP contribution in [-0.4, -0.2) is 19.7 Å². The fourth-order valence-corrected chi connectivity index (χ4v) is 1.76. The van der Waals surface area contributed by atoms with Crippen molar-refractivity contribution in [3.8, 4) is 0 Å². The Morgan fingerprint density at radius 3 is 2.65 bits per heavy atom. The molecule has 0 aliphatic carbocycles. The van der Waals surface area contributed by atoms with Gasteiger partial charge in [-0.05, 0) is 25.1 Å². The molecule has 0 amide bonds. The Bertz CT molecular complexity index is 329. The monoisotopic (exact) mass is 239 g/mol. The summed E-state index contributed by atoms with van der Waals surface area (Å²) in [7, 11) is 1.68. The maximum atomic E-state index is 5.79. The number of hydrogen-bond donors (Lipinski definition) is 1. The molecule has 0 saturated heterocycles. The zero-order chi connectivity index (χ0) is 12.9. The average Bonchev–Trinajstić information content (AvgIpc) is 2.66. The predicted octanol–water partition coefficient (Wildman–Crippen LogP) is 3.09. The van der Waals surface area contributed by atoms with Crippen LogP contribution in [0.2, 0.25) is 0 Å². The minimum absolute atomic E-state index is 0.0634. The number of furan rings is 1. The summed E-state index contributed by atoms with van der Waals surface area (Å²) in [6.07, 6.45) is 1.06. The molecule has 0 bridgehead atoms. The minimum Gasteiger partial charge on any atom is -0.463 e. The number of nitrogens with one attached hydrogen (secondary N) is 1. The highest BCUT2D eigenvalue weighted by Gasteiger charge is 2.24. The lowest BCUT2D eigenvalue weighted by atomic mass is 9.86. The zero-order valence-corrected chi connectivity index (χ0v) is 11.7. The standard InChI is InChI=1S/C14H25NO2/c1-11(2)15-9-8-14(3,4)13-7-6-12(17-13)10-16-5/h6-7,11,15H,8-10H2,1-5H3. The summed E-state index contributed by atoms with van der Waals surface area (Å²) >= 11 is 0. The van der Waals surface area contributed by atoms with E-state index in [1.165, 1.54) is 0 Å². The van der Waals surface area contributed by atoms with Gasteiger partial charge in [0.05, 0.1) is 0 Å². The van der Waals surface area contributed by atoms with E-state index in [1.807, 2.05) is 6.07 Å². The molecule has 1 heterocycles. The summed E-state index contributed by atoms with van der Waals surface area (Å²) in [5, 5.41) is 3.44. The number of methoxy groups -OCH3 is 1. The van der Waals surface area contributed by atoms with Crippen LogP contribution in [0.25, 0.3) is 0 Å². The SMILES string of the molecule is COCc1ccc(C(C)(C)CCNC(C)C)o1. The highest BCUT2D eigenvalue weighted by molar-refractivity contribution is 5.15. The van der Waals surface area contributed by atoms with Gasteiger partial charge in [-0.1, -0.05) is 27.7 Å². The second kappa shape index (κ2) is 6.22. The van der Waals surface area contributed by atoms with Gasteiger partial charge in [0.1, 0.15) is 18.1 Å². The predicted molar refractivity (Wildman–Crippen MR) is 70.2 cm³/mol. The number of ether oxygens (including phenoxy) is 1. The zero-order valence-electron chi connectivity index (χ0n) is 11.7. The van der Waals surface area contributed by atoms with Gasteiger partial charge in [0.15, 0.2) is 0 Å². The van der Waals surface area contributed by atoms with Crippen molar-refractivity contribution in [2.75, 3.05) is 13.7 Å². The fraction of sp³-hybridized carbons (Fsp3) is 0.714. The Kier molecular flexibility index (Phi) is 5.22. The van der Waals surface area contributed by atoms with Crippen LogP contribution in [0.1, 0.15) is 45.6 Å². The first-order valence-electron chi connectivity index (χ1n) is 6.27. The molecule has 0 unspecified atom stereocenters. The van der Waals surface area contributed by atoms with Crippen LogP contribution in [0.5, 0.6) is 0 Å². The Morgan fingerprint density at radius 1 is 1.35 bits per heavy atom. The number of hydrogen-bond acceptors (Lipinski definition) is 3. The molecule has 1 aromatic rings. The van der Waals surface area contributed by atoms with Crippen molar-refractivity contribution in [2.24, 2.45) is 0 Å². The van der Waals surface area contributed by atoms with Gasteiger partial charge in [-0.3, -0.25) is 0 Å². The Labute approximate surface area is 105 Å². The van der Waals surface area contributed by atoms with E-state index in [0.717, 1.165) is 24.5 Å². The van der Waals surface area contributed by atoms with Gasteiger partial charge in [0.25, 0.3) is 0 Å². The lowest BCUT2D eigenvalue weighted by Gasteiger charge is -2.23. The molecular formula is C14H25NO2. The van der Waals surface area contributed by atoms with Crippen molar-refractivity contribution >= 4 is 0 Å². The van der Waals surface area contributed by atoms with E-state index in [-0.39, 0.29) is 5.41 Å². The third-order valence-corrected chi connectivity index (χ3v) is 2.92. The minimum atomic E-state index is 0.0634. The Balaban J connectivity index is 2.55. The molecule has 0 radical (unpaired) electrons. The van der Waals surface area contributed by atoms with Crippen molar-refractivity contribution in [3.63, 3.8) is 0 Å². The summed E-state index contributed by atoms with van der Waals surface area (Å²) in [6.45, 7) is 10.3. The van der Waals surface area contributed by atoms with Gasteiger partial charge in [-0.2, -0.15) is 0 Å². The van der Waals surface area contributed by atoms with Crippen molar-refractivity contribution in [2.45, 2.75) is 52.2 Å². The van der Waals surface area contributed by atoms with Gasteiger partial charge in [-0.15, -0.1) is 0 Å². The van der Waals surface area contributed by atoms with Crippen molar-refractivity contribution in [3.05, 3.63) is 23.7 Å². The van der Waals surface area contributed by atoms with Crippen LogP contribution in [-0.2, 0) is 16.8 Å². The van der Waals surface area contributed by atoms with Crippen molar-refractivity contribution in [1.82, 2.24) is 5.32 Å². The highest BCUT2D eigenvalue weighted by atomic mass is 16.5. The summed E-state index contributed by atoms with van der Waals surface area (Å²) in [6, 6.07) is 4.59. The molecule has 3 heteroatoms. The van der Waals surface area contributed by atoms with Gasteiger partial charge >= 0.3 is 0 Å². The van der Waals surface area contributed by atoms with Crippen LogP contribution in [0, 0.1) is 0 Å². The number of rotatable bonds is 7. The molecule has 0 fully saturated rings. The van der Waals surface area contributed by atoms with Crippen LogP contribution in [0.15, 0.2) is 16.5 Å². The van der Waals surface area contributed by atoms with Crippen LogP contribution in [0.4, 0.5) is 0 Å². The van der Waals surface area contributed by atoms with Gasteiger partial charge in [0, 0.05) is 18.6 Å². The molecule has 1 aromatic heterocycles. The summed E-state index contributed by atoms with van der Waals surface area (Å²) in [5.41, 5.74) is 0.0634. The van der Waals surface area contributed by atoms with Crippen LogP contribution >= 0.6 is 0 Å². The van der Waals surface area contributed by atoms with E-state index in [1.54, 1.807) is 7.11 Å². The molecule has 0 atom stereocenters. The molecule has 0 spiro atoms. The summed E-state index contributed by atoms with van der Waals surface area (Å²) in [5.74, 6) is 1.93. The van der Waals surface area contributed by atoms with E-state index in [2.05, 4.69) is 39.1 Å². The Morgan fingerprint density at radius 2 is 2.06 bits per heavy atom. The molecule has 1 rings (SSSR count). The normalized spacial score (nSPS) is 12.4. The maximum Gasteiger partial charge on any atom is 0.129 e. The topological polar surface area (TPSA) is 34.4 Å². The third-order valence-electron chi connectivity index (χ3n) is 2.92. The van der Waals surface area contributed by atoms with Gasteiger partial charge in [-0.25, -0.2) is 0 Å². The van der Waals surface area contributed by atoms with E-state index >= 15 is 0 Å². The molecule has 98 valence electrons. The molecule has 17 heavy (non-hydrogen) atoms. The second-order valence-corrected chi connectivity index (χ2v) is 5.44. The third kappa shape index (κ3) is 4.52. The first-order chi connectivity index (χ1) is 7.95. The first-order valence-corrected chi connectivity index (χ1v) is 6.27. The molecule has 0 aliphatic heterocycles. The second-order valence-electron chi connectivity index (χ2n) is 5.44.